The van der Waals surface area contributed by atoms with E-state index in [1.807, 2.05) is 0 Å². The van der Waals surface area contributed by atoms with Crippen LogP contribution in [0.15, 0.2) is 42.7 Å². The maximum Gasteiger partial charge on any atom is 0.257 e. The number of halogens is 2. The van der Waals surface area contributed by atoms with Crippen LogP contribution in [0.2, 0.25) is 0 Å². The molecule has 13 heteroatoms. The molecule has 1 aromatic carbocycles. The molecule has 1 saturated heterocycles. The molecule has 0 bridgehead atoms. The number of carbonyl (C=O) groups is 2. The van der Waals surface area contributed by atoms with Gasteiger partial charge in [0.25, 0.3) is 5.91 Å². The number of nitrogens with one attached hydrogen (secondary N) is 2. The fourth-order valence-electron chi connectivity index (χ4n) is 4.39. The number of ether oxygens (including phenoxy) is 3. The van der Waals surface area contributed by atoms with E-state index in [1.54, 1.807) is 38.2 Å². The Morgan fingerprint density at radius 1 is 1.17 bits per heavy atom. The van der Waals surface area contributed by atoms with Gasteiger partial charge in [-0.2, -0.15) is 5.10 Å². The topological polar surface area (TPSA) is 129 Å². The van der Waals surface area contributed by atoms with Crippen molar-refractivity contribution >= 4 is 23.3 Å². The Morgan fingerprint density at radius 2 is 1.95 bits per heavy atom. The molecule has 0 unspecified atom stereocenters. The predicted molar refractivity (Wildman–Crippen MR) is 148 cm³/mol. The van der Waals surface area contributed by atoms with E-state index in [-0.39, 0.29) is 47.2 Å². The monoisotopic (exact) mass is 580 g/mol. The number of nitrogens with zero attached hydrogens (tertiary/aromatic N) is 4. The molecule has 42 heavy (non-hydrogen) atoms. The average molecular weight is 581 g/mol. The minimum atomic E-state index is -0.847. The number of methoxy groups -OCH3 is 1. The lowest BCUT2D eigenvalue weighted by molar-refractivity contribution is -0.118. The average Bonchev–Trinajstić information content (AvgIpc) is 3.39. The van der Waals surface area contributed by atoms with E-state index >= 15 is 0 Å². The van der Waals surface area contributed by atoms with Gasteiger partial charge in [-0.15, -0.1) is 0 Å². The van der Waals surface area contributed by atoms with E-state index < -0.39 is 17.5 Å². The van der Waals surface area contributed by atoms with Crippen LogP contribution < -0.4 is 20.1 Å². The Balaban J connectivity index is 1.36. The molecular weight excluding hydrogens is 550 g/mol. The number of aromatic nitrogens is 4. The van der Waals surface area contributed by atoms with Gasteiger partial charge in [0.1, 0.15) is 17.5 Å². The Hall–Kier alpha value is -4.65. The highest BCUT2D eigenvalue weighted by Gasteiger charge is 2.22. The van der Waals surface area contributed by atoms with Gasteiger partial charge in [0, 0.05) is 48.7 Å². The Bertz CT molecular complexity index is 1620. The van der Waals surface area contributed by atoms with Gasteiger partial charge in [0.15, 0.2) is 23.0 Å². The van der Waals surface area contributed by atoms with Crippen LogP contribution in [0.1, 0.15) is 42.6 Å². The van der Waals surface area contributed by atoms with Gasteiger partial charge in [-0.1, -0.05) is 13.8 Å². The molecule has 0 atom stereocenters. The van der Waals surface area contributed by atoms with Crippen LogP contribution in [-0.4, -0.2) is 57.8 Å². The molecule has 0 spiro atoms. The van der Waals surface area contributed by atoms with Crippen molar-refractivity contribution in [2.75, 3.05) is 25.6 Å². The number of hydrogen-bond donors (Lipinski definition) is 2. The molecule has 0 radical (unpaired) electrons. The summed E-state index contributed by atoms with van der Waals surface area (Å²) in [5.74, 6) is -2.28. The first-order valence-electron chi connectivity index (χ1n) is 13.4. The van der Waals surface area contributed by atoms with Crippen molar-refractivity contribution in [3.63, 3.8) is 0 Å². The summed E-state index contributed by atoms with van der Waals surface area (Å²) in [5.41, 5.74) is 1.74. The third-order valence-electron chi connectivity index (χ3n) is 6.66. The predicted octanol–water partition coefficient (Wildman–Crippen LogP) is 4.16. The highest BCUT2D eigenvalue weighted by molar-refractivity contribution is 5.97. The smallest absolute Gasteiger partial charge is 0.257 e. The minimum absolute atomic E-state index is 0.0581. The second-order valence-electron chi connectivity index (χ2n) is 10.1. The molecule has 220 valence electrons. The zero-order chi connectivity index (χ0) is 29.8. The maximum atomic E-state index is 14.7. The highest BCUT2D eigenvalue weighted by atomic mass is 19.1. The molecule has 1 fully saturated rings. The molecule has 0 saturated carbocycles. The normalized spacial score (nSPS) is 13.8. The number of amides is 2. The van der Waals surface area contributed by atoms with Gasteiger partial charge in [-0.05, 0) is 24.3 Å². The quantitative estimate of drug-likeness (QED) is 0.302. The first kappa shape index (κ1) is 28.9. The summed E-state index contributed by atoms with van der Waals surface area (Å²) >= 11 is 0. The summed E-state index contributed by atoms with van der Waals surface area (Å²) in [6.07, 6.45) is 3.96. The number of anilines is 1. The molecule has 3 aromatic heterocycles. The van der Waals surface area contributed by atoms with Gasteiger partial charge >= 0.3 is 0 Å². The summed E-state index contributed by atoms with van der Waals surface area (Å²) in [6, 6.07) is 6.86. The third-order valence-corrected chi connectivity index (χ3v) is 6.66. The second kappa shape index (κ2) is 12.5. The first-order valence-corrected chi connectivity index (χ1v) is 13.4. The third kappa shape index (κ3) is 6.46. The van der Waals surface area contributed by atoms with Crippen LogP contribution in [-0.2, 0) is 16.1 Å². The van der Waals surface area contributed by atoms with Gasteiger partial charge in [0.05, 0.1) is 32.2 Å². The van der Waals surface area contributed by atoms with Crippen LogP contribution in [0, 0.1) is 17.6 Å². The zero-order valence-corrected chi connectivity index (χ0v) is 23.3. The summed E-state index contributed by atoms with van der Waals surface area (Å²) < 4.78 is 46.8. The SMILES string of the molecule is COc1ncc(-c2ccc3nc(NC(=O)C(C)C)cn3n2)cc1C(=O)NCc1cc(F)cc(F)c1OC1CCOCC1. The minimum Gasteiger partial charge on any atom is -0.487 e. The van der Waals surface area contributed by atoms with Gasteiger partial charge in [-0.3, -0.25) is 9.59 Å². The van der Waals surface area contributed by atoms with E-state index in [4.69, 9.17) is 14.2 Å². The van der Waals surface area contributed by atoms with Crippen LogP contribution in [0.25, 0.3) is 16.9 Å². The van der Waals surface area contributed by atoms with E-state index in [9.17, 15) is 18.4 Å². The zero-order valence-electron chi connectivity index (χ0n) is 23.3. The number of fused-ring (bicyclic) bond motifs is 1. The number of imidazole rings is 1. The number of rotatable bonds is 9. The Kier molecular flexibility index (Phi) is 8.57. The maximum absolute atomic E-state index is 14.7. The number of carbonyl (C=O) groups excluding carboxylic acids is 2. The van der Waals surface area contributed by atoms with E-state index in [0.29, 0.717) is 48.8 Å². The molecule has 1 aliphatic rings. The molecule has 4 aromatic rings. The van der Waals surface area contributed by atoms with Crippen molar-refractivity contribution in [3.05, 3.63) is 65.5 Å². The summed E-state index contributed by atoms with van der Waals surface area (Å²) in [7, 11) is 1.38. The second-order valence-corrected chi connectivity index (χ2v) is 10.1. The molecule has 2 amide bonds. The lowest BCUT2D eigenvalue weighted by Gasteiger charge is -2.25. The summed E-state index contributed by atoms with van der Waals surface area (Å²) in [5, 5.41) is 9.96. The fraction of sp³-hybridized carbons (Fsp3) is 0.345. The summed E-state index contributed by atoms with van der Waals surface area (Å²) in [6.45, 7) is 4.33. The van der Waals surface area contributed by atoms with Gasteiger partial charge in [0.2, 0.25) is 11.8 Å². The Labute approximate surface area is 240 Å². The molecule has 1 aliphatic heterocycles. The van der Waals surface area contributed by atoms with Crippen LogP contribution in [0.4, 0.5) is 14.6 Å². The molecule has 11 nitrogen and oxygen atoms in total. The Morgan fingerprint density at radius 3 is 2.69 bits per heavy atom. The number of pyridine rings is 1. The van der Waals surface area contributed by atoms with Crippen LogP contribution in [0.5, 0.6) is 11.6 Å². The summed E-state index contributed by atoms with van der Waals surface area (Å²) in [4.78, 5) is 33.9. The largest absolute Gasteiger partial charge is 0.487 e. The lowest BCUT2D eigenvalue weighted by Crippen LogP contribution is -2.28. The molecular formula is C29H30F2N6O5. The van der Waals surface area contributed by atoms with Crippen molar-refractivity contribution in [2.24, 2.45) is 5.92 Å². The van der Waals surface area contributed by atoms with Crippen molar-refractivity contribution in [1.82, 2.24) is 24.9 Å². The fourth-order valence-corrected chi connectivity index (χ4v) is 4.39. The van der Waals surface area contributed by atoms with Gasteiger partial charge < -0.3 is 24.8 Å². The molecule has 2 N–H and O–H groups in total. The van der Waals surface area contributed by atoms with Crippen LogP contribution >= 0.6 is 0 Å². The van der Waals surface area contributed by atoms with Crippen molar-refractivity contribution in [2.45, 2.75) is 39.3 Å². The lowest BCUT2D eigenvalue weighted by atomic mass is 10.1. The highest BCUT2D eigenvalue weighted by Crippen LogP contribution is 2.28. The standard InChI is InChI=1S/C29H30F2N6O5/c1-16(2)27(38)35-24-15-37-25(34-24)5-4-23(36-37)17-11-21(29(40-3)33-13-17)28(39)32-14-18-10-19(30)12-22(31)26(18)42-20-6-8-41-9-7-20/h4-5,10-13,15-16,20H,6-9,14H2,1-3H3,(H,32,39)(H,35,38). The van der Waals surface area contributed by atoms with Crippen molar-refractivity contribution in [1.29, 1.82) is 0 Å². The van der Waals surface area contributed by atoms with Crippen LogP contribution in [0.3, 0.4) is 0 Å². The van der Waals surface area contributed by atoms with Crippen molar-refractivity contribution < 1.29 is 32.6 Å². The van der Waals surface area contributed by atoms with E-state index in [2.05, 4.69) is 25.7 Å². The van der Waals surface area contributed by atoms with E-state index in [1.165, 1.54) is 17.8 Å². The first-order chi connectivity index (χ1) is 20.2. The van der Waals surface area contributed by atoms with Crippen molar-refractivity contribution in [3.8, 4) is 22.9 Å². The van der Waals surface area contributed by atoms with Gasteiger partial charge in [-0.25, -0.2) is 23.3 Å². The molecule has 0 aliphatic carbocycles. The molecule has 4 heterocycles. The number of hydrogen-bond acceptors (Lipinski definition) is 8. The molecule has 5 rings (SSSR count). The number of benzene rings is 1. The van der Waals surface area contributed by atoms with E-state index in [0.717, 1.165) is 12.1 Å².